The Kier molecular flexibility index (Phi) is 7.97. The monoisotopic (exact) mass is 391 g/mol. The van der Waals surface area contributed by atoms with Gasteiger partial charge in [-0.05, 0) is 0 Å². The number of esters is 4. The molecular formula is C15H21NO11. The predicted molar refractivity (Wildman–Crippen MR) is 82.6 cm³/mol. The summed E-state index contributed by atoms with van der Waals surface area (Å²) in [6.07, 6.45) is -8.37. The van der Waals surface area contributed by atoms with Crippen LogP contribution in [0.5, 0.6) is 0 Å². The minimum Gasteiger partial charge on any atom is -0.463 e. The smallest absolute Gasteiger partial charge is 0.405 e. The van der Waals surface area contributed by atoms with Crippen molar-refractivity contribution in [2.75, 3.05) is 6.61 Å². The summed E-state index contributed by atoms with van der Waals surface area (Å²) >= 11 is 0. The van der Waals surface area contributed by atoms with Crippen molar-refractivity contribution in [1.82, 2.24) is 0 Å². The van der Waals surface area contributed by atoms with Crippen LogP contribution < -0.4 is 5.73 Å². The Balaban J connectivity index is 3.29. The zero-order chi connectivity index (χ0) is 20.7. The zero-order valence-corrected chi connectivity index (χ0v) is 15.2. The van der Waals surface area contributed by atoms with Gasteiger partial charge in [0.25, 0.3) is 0 Å². The van der Waals surface area contributed by atoms with E-state index in [4.69, 9.17) is 34.2 Å². The third kappa shape index (κ3) is 7.09. The van der Waals surface area contributed by atoms with Crippen molar-refractivity contribution < 1.29 is 52.4 Å². The summed E-state index contributed by atoms with van der Waals surface area (Å²) in [7, 11) is 0. The Hall–Kier alpha value is -2.89. The summed E-state index contributed by atoms with van der Waals surface area (Å²) < 4.78 is 30.3. The molecule has 0 spiro atoms. The van der Waals surface area contributed by atoms with Crippen LogP contribution >= 0.6 is 0 Å². The molecule has 12 heteroatoms. The van der Waals surface area contributed by atoms with Gasteiger partial charge in [0.2, 0.25) is 12.4 Å². The first-order valence-corrected chi connectivity index (χ1v) is 7.77. The summed E-state index contributed by atoms with van der Waals surface area (Å²) in [5.41, 5.74) is 5.05. The van der Waals surface area contributed by atoms with E-state index < -0.39 is 67.3 Å². The number of ether oxygens (including phenoxy) is 6. The van der Waals surface area contributed by atoms with Crippen molar-refractivity contribution in [3.8, 4) is 0 Å². The van der Waals surface area contributed by atoms with Crippen LogP contribution in [0.2, 0.25) is 0 Å². The molecule has 0 aromatic carbocycles. The van der Waals surface area contributed by atoms with Crippen LogP contribution in [0, 0.1) is 0 Å². The molecule has 2 N–H and O–H groups in total. The lowest BCUT2D eigenvalue weighted by Crippen LogP contribution is -2.63. The van der Waals surface area contributed by atoms with Gasteiger partial charge in [-0.1, -0.05) is 0 Å². The summed E-state index contributed by atoms with van der Waals surface area (Å²) in [5, 5.41) is 0. The van der Waals surface area contributed by atoms with Crippen molar-refractivity contribution in [3.05, 3.63) is 0 Å². The van der Waals surface area contributed by atoms with E-state index in [1.807, 2.05) is 0 Å². The molecule has 0 aromatic heterocycles. The lowest BCUT2D eigenvalue weighted by Gasteiger charge is -2.43. The zero-order valence-electron chi connectivity index (χ0n) is 15.2. The molecule has 27 heavy (non-hydrogen) atoms. The molecule has 1 amide bonds. The fourth-order valence-corrected chi connectivity index (χ4v) is 2.39. The van der Waals surface area contributed by atoms with E-state index in [9.17, 15) is 24.0 Å². The maximum atomic E-state index is 11.5. The average molecular weight is 391 g/mol. The molecule has 0 radical (unpaired) electrons. The molecule has 1 heterocycles. The predicted octanol–water partition coefficient (Wildman–Crippen LogP) is -0.835. The molecule has 0 aliphatic carbocycles. The van der Waals surface area contributed by atoms with Gasteiger partial charge in [-0.15, -0.1) is 0 Å². The van der Waals surface area contributed by atoms with Crippen molar-refractivity contribution in [1.29, 1.82) is 0 Å². The van der Waals surface area contributed by atoms with E-state index in [2.05, 4.69) is 0 Å². The van der Waals surface area contributed by atoms with E-state index >= 15 is 0 Å². The summed E-state index contributed by atoms with van der Waals surface area (Å²) in [4.78, 5) is 56.7. The average Bonchev–Trinajstić information content (AvgIpc) is 2.49. The highest BCUT2D eigenvalue weighted by molar-refractivity contribution is 5.69. The number of hydrogen-bond acceptors (Lipinski definition) is 11. The number of hydrogen-bond donors (Lipinski definition) is 1. The number of carbonyl (C=O) groups excluding carboxylic acids is 5. The Morgan fingerprint density at radius 3 is 1.70 bits per heavy atom. The summed E-state index contributed by atoms with van der Waals surface area (Å²) in [6.45, 7) is 3.89. The van der Waals surface area contributed by atoms with Crippen LogP contribution in [0.1, 0.15) is 27.7 Å². The van der Waals surface area contributed by atoms with Gasteiger partial charge >= 0.3 is 30.0 Å². The molecule has 0 unspecified atom stereocenters. The molecule has 1 fully saturated rings. The second-order valence-corrected chi connectivity index (χ2v) is 5.50. The van der Waals surface area contributed by atoms with E-state index in [0.717, 1.165) is 27.7 Å². The van der Waals surface area contributed by atoms with E-state index in [0.29, 0.717) is 0 Å². The Labute approximate surface area is 154 Å². The van der Waals surface area contributed by atoms with Gasteiger partial charge in [-0.2, -0.15) is 0 Å². The number of rotatable bonds is 6. The van der Waals surface area contributed by atoms with Crippen molar-refractivity contribution in [2.45, 2.75) is 58.4 Å². The van der Waals surface area contributed by atoms with Gasteiger partial charge in [0, 0.05) is 27.7 Å². The number of carbonyl (C=O) groups is 5. The normalized spacial score (nSPS) is 27.0. The highest BCUT2D eigenvalue weighted by atomic mass is 16.7. The van der Waals surface area contributed by atoms with E-state index in [1.54, 1.807) is 0 Å². The minimum absolute atomic E-state index is 0.434. The first kappa shape index (κ1) is 22.2. The second-order valence-electron chi connectivity index (χ2n) is 5.50. The molecule has 1 aliphatic rings. The van der Waals surface area contributed by atoms with Gasteiger partial charge in [-0.25, -0.2) is 4.79 Å². The van der Waals surface area contributed by atoms with Crippen LogP contribution in [0.15, 0.2) is 0 Å². The Bertz CT molecular complexity index is 605. The molecule has 152 valence electrons. The van der Waals surface area contributed by atoms with Crippen LogP contribution in [0.3, 0.4) is 0 Å². The van der Waals surface area contributed by atoms with Crippen LogP contribution in [-0.4, -0.2) is 67.3 Å². The van der Waals surface area contributed by atoms with Crippen molar-refractivity contribution in [3.63, 3.8) is 0 Å². The lowest BCUT2D eigenvalue weighted by molar-refractivity contribution is -0.297. The third-order valence-electron chi connectivity index (χ3n) is 3.18. The van der Waals surface area contributed by atoms with Gasteiger partial charge in [-0.3, -0.25) is 19.2 Å². The fourth-order valence-electron chi connectivity index (χ4n) is 2.39. The van der Waals surface area contributed by atoms with E-state index in [1.165, 1.54) is 0 Å². The van der Waals surface area contributed by atoms with Crippen molar-refractivity contribution >= 4 is 30.0 Å². The molecule has 1 aliphatic heterocycles. The number of amides is 1. The fraction of sp³-hybridized carbons (Fsp3) is 0.667. The summed E-state index contributed by atoms with van der Waals surface area (Å²) in [5.74, 6) is -3.08. The van der Waals surface area contributed by atoms with Crippen LogP contribution in [0.25, 0.3) is 0 Å². The molecule has 0 saturated carbocycles. The lowest BCUT2D eigenvalue weighted by atomic mass is 9.98. The van der Waals surface area contributed by atoms with Gasteiger partial charge < -0.3 is 34.2 Å². The number of primary amides is 1. The first-order chi connectivity index (χ1) is 12.5. The third-order valence-corrected chi connectivity index (χ3v) is 3.18. The molecule has 0 bridgehead atoms. The maximum Gasteiger partial charge on any atom is 0.405 e. The molecular weight excluding hydrogens is 370 g/mol. The van der Waals surface area contributed by atoms with Crippen molar-refractivity contribution in [2.24, 2.45) is 5.73 Å². The molecule has 0 aromatic rings. The molecule has 1 rings (SSSR count). The largest absolute Gasteiger partial charge is 0.463 e. The van der Waals surface area contributed by atoms with Gasteiger partial charge in [0.15, 0.2) is 12.2 Å². The molecule has 1 saturated heterocycles. The quantitative estimate of drug-likeness (QED) is 0.443. The second kappa shape index (κ2) is 9.71. The number of nitrogens with two attached hydrogens (primary N) is 1. The Morgan fingerprint density at radius 2 is 1.26 bits per heavy atom. The highest BCUT2D eigenvalue weighted by Gasteiger charge is 2.53. The first-order valence-electron chi connectivity index (χ1n) is 7.77. The topological polar surface area (TPSA) is 167 Å². The molecule has 5 atom stereocenters. The molecule has 12 nitrogen and oxygen atoms in total. The van der Waals surface area contributed by atoms with Gasteiger partial charge in [0.05, 0.1) is 0 Å². The van der Waals surface area contributed by atoms with Crippen LogP contribution in [0.4, 0.5) is 4.79 Å². The maximum absolute atomic E-state index is 11.5. The van der Waals surface area contributed by atoms with Crippen LogP contribution in [-0.2, 0) is 47.6 Å². The Morgan fingerprint density at radius 1 is 0.741 bits per heavy atom. The standard InChI is InChI=1S/C15H21NO11/c1-6(17)22-5-10-11(23-7(2)18)12(27-15(16)21)13(24-8(3)19)14(26-10)25-9(4)20/h10-14H,5H2,1-4H3,(H2,16,21)/t10-,11-,12+,13+,14+/m1/s1. The van der Waals surface area contributed by atoms with Gasteiger partial charge in [0.1, 0.15) is 12.7 Å². The highest BCUT2D eigenvalue weighted by Crippen LogP contribution is 2.29. The minimum atomic E-state index is -1.54. The van der Waals surface area contributed by atoms with E-state index in [-0.39, 0.29) is 0 Å². The SMILES string of the molecule is CC(=O)OC[C@H]1O[C@H](OC(C)=O)[C@@H](OC(C)=O)[C@@H](OC(N)=O)[C@@H]1OC(C)=O. The summed E-state index contributed by atoms with van der Waals surface area (Å²) in [6, 6.07) is 0.